The number of anilines is 1. The maximum absolute atomic E-state index is 15.2. The van der Waals surface area contributed by atoms with E-state index in [1.54, 1.807) is 19.9 Å². The maximum atomic E-state index is 15.2. The number of piperidine rings is 2. The summed E-state index contributed by atoms with van der Waals surface area (Å²) >= 11 is 0. The van der Waals surface area contributed by atoms with Crippen LogP contribution in [0, 0.1) is 20.9 Å². The van der Waals surface area contributed by atoms with Crippen LogP contribution in [0.25, 0.3) is 5.43 Å². The van der Waals surface area contributed by atoms with E-state index in [0.717, 1.165) is 24.0 Å². The third kappa shape index (κ3) is 10.1. The van der Waals surface area contributed by atoms with Gasteiger partial charge in [-0.05, 0) is 67.6 Å². The van der Waals surface area contributed by atoms with Crippen LogP contribution in [0.3, 0.4) is 0 Å². The monoisotopic (exact) mass is 988 g/mol. The second kappa shape index (κ2) is 21.6. The number of ketones is 3. The number of likely N-dealkylation sites (tertiary alicyclic amines) is 2. The smallest absolute Gasteiger partial charge is 0.309 e. The Morgan fingerprint density at radius 3 is 1.87 bits per heavy atom. The Bertz CT molecular complexity index is 2520. The molecule has 2 aromatic rings. The van der Waals surface area contributed by atoms with Crippen LogP contribution >= 0.6 is 0 Å². The minimum Gasteiger partial charge on any atom is -0.348 e. The summed E-state index contributed by atoms with van der Waals surface area (Å²) in [6, 6.07) is 7.27. The molecule has 4 aliphatic heterocycles. The molecule has 6 rings (SSSR count). The molecule has 7 amide bonds. The zero-order chi connectivity index (χ0) is 52.1. The van der Waals surface area contributed by atoms with Crippen LogP contribution in [0.2, 0.25) is 0 Å². The molecular formula is C46H56N10O15. The number of hydrogen-bond donors (Lipinski definition) is 2. The molecule has 6 atom stereocenters. The Morgan fingerprint density at radius 2 is 1.30 bits per heavy atom. The molecule has 2 aromatic carbocycles. The number of carbonyl (C=O) groups excluding carboxylic acids is 10. The van der Waals surface area contributed by atoms with Gasteiger partial charge >= 0.3 is 5.91 Å². The van der Waals surface area contributed by atoms with Gasteiger partial charge in [-0.3, -0.25) is 67.7 Å². The summed E-state index contributed by atoms with van der Waals surface area (Å²) in [6.45, 7) is 4.30. The molecule has 0 bridgehead atoms. The molecule has 4 saturated heterocycles. The van der Waals surface area contributed by atoms with Crippen LogP contribution < -0.4 is 15.6 Å². The molecule has 4 fully saturated rings. The van der Waals surface area contributed by atoms with E-state index >= 15 is 4.79 Å². The predicted octanol–water partition coefficient (Wildman–Crippen LogP) is 1.42. The molecule has 0 radical (unpaired) electrons. The fourth-order valence-corrected chi connectivity index (χ4v) is 9.60. The van der Waals surface area contributed by atoms with Gasteiger partial charge in [0.25, 0.3) is 23.9 Å². The van der Waals surface area contributed by atoms with Gasteiger partial charge in [0.2, 0.25) is 29.2 Å². The minimum absolute atomic E-state index is 0.00425. The van der Waals surface area contributed by atoms with Crippen molar-refractivity contribution >= 4 is 70.1 Å². The van der Waals surface area contributed by atoms with Gasteiger partial charge in [0, 0.05) is 44.3 Å². The number of hydrogen-bond acceptors (Lipinski definition) is 15. The number of hydrazine groups is 1. The van der Waals surface area contributed by atoms with Crippen LogP contribution in [0.4, 0.5) is 11.4 Å². The largest absolute Gasteiger partial charge is 0.348 e. The minimum atomic E-state index is -2.82. The van der Waals surface area contributed by atoms with Gasteiger partial charge in [0.15, 0.2) is 17.3 Å². The van der Waals surface area contributed by atoms with Gasteiger partial charge in [-0.2, -0.15) is 10.1 Å². The lowest BCUT2D eigenvalue weighted by molar-refractivity contribution is -0.561. The molecule has 71 heavy (non-hydrogen) atoms. The van der Waals surface area contributed by atoms with Crippen molar-refractivity contribution in [3.8, 4) is 0 Å². The van der Waals surface area contributed by atoms with E-state index in [-0.39, 0.29) is 67.0 Å². The predicted molar refractivity (Wildman–Crippen MR) is 244 cm³/mol. The molecule has 4 aliphatic rings. The topological polar surface area (TPSA) is 307 Å². The van der Waals surface area contributed by atoms with Crippen molar-refractivity contribution in [1.82, 2.24) is 30.6 Å². The molecule has 0 spiro atoms. The summed E-state index contributed by atoms with van der Waals surface area (Å²) in [5.41, 5.74) is -2.11. The molecule has 0 aromatic heterocycles. The summed E-state index contributed by atoms with van der Waals surface area (Å²) in [6.07, 6.45) is -0.777. The highest BCUT2D eigenvalue weighted by Gasteiger charge is 2.64. The van der Waals surface area contributed by atoms with Crippen LogP contribution in [0.15, 0.2) is 54.6 Å². The molecule has 0 saturated carbocycles. The van der Waals surface area contributed by atoms with E-state index in [2.05, 4.69) is 16.1 Å². The van der Waals surface area contributed by atoms with Crippen molar-refractivity contribution in [3.05, 3.63) is 80.6 Å². The highest BCUT2D eigenvalue weighted by Crippen LogP contribution is 2.35. The quantitative estimate of drug-likeness (QED) is 0.0702. The van der Waals surface area contributed by atoms with Crippen molar-refractivity contribution in [2.75, 3.05) is 38.9 Å². The number of nitro groups is 1. The van der Waals surface area contributed by atoms with E-state index < -0.39 is 124 Å². The molecule has 25 heteroatoms. The van der Waals surface area contributed by atoms with Crippen molar-refractivity contribution in [1.29, 1.82) is 0 Å². The first-order valence-electron chi connectivity index (χ1n) is 23.0. The first-order chi connectivity index (χ1) is 33.6. The fraction of sp³-hybridized carbons (Fsp3) is 0.522. The van der Waals surface area contributed by atoms with Crippen LogP contribution in [0.1, 0.15) is 89.4 Å². The number of hydroxylamine groups is 4. The second-order valence-corrected chi connectivity index (χ2v) is 18.0. The molecule has 380 valence electrons. The highest BCUT2D eigenvalue weighted by molar-refractivity contribution is 6.17. The van der Waals surface area contributed by atoms with Gasteiger partial charge in [0.05, 0.1) is 25.2 Å². The van der Waals surface area contributed by atoms with E-state index in [1.807, 2.05) is 0 Å². The maximum Gasteiger partial charge on any atom is 0.309 e. The molecule has 2 N–H and O–H groups in total. The average Bonchev–Trinajstić information content (AvgIpc) is 4.04. The normalized spacial score (nSPS) is 23.3. The fourth-order valence-electron chi connectivity index (χ4n) is 9.60. The average molecular weight is 989 g/mol. The van der Waals surface area contributed by atoms with Crippen LogP contribution in [-0.2, 0) is 52.8 Å². The second-order valence-electron chi connectivity index (χ2n) is 18.0. The summed E-state index contributed by atoms with van der Waals surface area (Å²) in [7, 11) is 2.13. The molecule has 25 nitrogen and oxygen atoms in total. The molecular weight excluding hydrogens is 933 g/mol. The standard InChI is InChI=1S/C46H56N10O15/c1-27(2)38(39(61)30-16-10-11-17-31(30)49-56(68)69)48-41(63)33-19-13-25-51(33)44(66)46(35(58)21-23-37(60)55(46)71-6)26-52(67)53(29-14-8-7-9-15-29)42(64)28(3)47-40(62)32-18-12-24-50(32)43(65)45(4)34(57)20-22-36(59)54(45)70-5/h7-11,14-17,27-28,32-33,38H,12-13,18-26H2,1-6H3,(H2-,47,48,49,61,62,63)/t28-,32-,33-,38-,45+,46+/m0/s1. The number of nitrogens with one attached hydrogen (secondary N) is 2. The van der Waals surface area contributed by atoms with Gasteiger partial charge in [-0.1, -0.05) is 62.0 Å². The first-order valence-corrected chi connectivity index (χ1v) is 23.0. The number of para-hydroxylation sites is 1. The van der Waals surface area contributed by atoms with Gasteiger partial charge in [-0.25, -0.2) is 0 Å². The molecule has 4 heterocycles. The summed E-state index contributed by atoms with van der Waals surface area (Å²) in [5, 5.41) is 17.2. The Kier molecular flexibility index (Phi) is 16.1. The molecule has 0 aliphatic carbocycles. The zero-order valence-electron chi connectivity index (χ0n) is 40.1. The van der Waals surface area contributed by atoms with Gasteiger partial charge in [-0.15, -0.1) is 0 Å². The highest BCUT2D eigenvalue weighted by atomic mass is 16.7. The van der Waals surface area contributed by atoms with Crippen LogP contribution in [-0.4, -0.2) is 158 Å². The number of nitroso groups, excluding NO2 is 1. The number of Topliss-reactive ketones (excluding diaryl/α,β-unsaturated/α-hetero) is 3. The first kappa shape index (κ1) is 52.8. The van der Waals surface area contributed by atoms with Crippen molar-refractivity contribution in [3.63, 3.8) is 0 Å². The van der Waals surface area contributed by atoms with Crippen molar-refractivity contribution < 1.29 is 67.5 Å². The molecule has 0 unspecified atom stereocenters. The van der Waals surface area contributed by atoms with Crippen molar-refractivity contribution in [2.45, 2.75) is 114 Å². The van der Waals surface area contributed by atoms with E-state index in [4.69, 9.17) is 9.68 Å². The Morgan fingerprint density at radius 1 is 0.761 bits per heavy atom. The number of benzene rings is 2. The number of carbonyl (C=O) groups is 10. The third-order valence-corrected chi connectivity index (χ3v) is 13.2. The summed E-state index contributed by atoms with van der Waals surface area (Å²) < 4.78 is 0. The number of rotatable bonds is 18. The van der Waals surface area contributed by atoms with E-state index in [1.165, 1.54) is 62.4 Å². The lowest BCUT2D eigenvalue weighted by Crippen LogP contribution is -2.72. The van der Waals surface area contributed by atoms with Crippen molar-refractivity contribution in [2.24, 2.45) is 5.92 Å². The lowest BCUT2D eigenvalue weighted by atomic mass is 9.84. The zero-order valence-corrected chi connectivity index (χ0v) is 40.1. The number of amides is 7. The SMILES string of the molecule is CON1C(=O)CCC(=O)[C@]1(C)C(=O)N1CCC[C@H]1C(=O)N[C@@H](C)C(=O)N(c1ccccc1)[N+](=O)C[C@]1(C(=O)N2CCC[C@H]2C(=O)N[C@H](C(=O)c2ccccc2[N-][N+](=O)[O-])C(C)C)C(=O)CCC(=O)N1OC. The lowest BCUT2D eigenvalue weighted by Gasteiger charge is -2.42. The summed E-state index contributed by atoms with van der Waals surface area (Å²) in [4.78, 5) is 179. The third-order valence-electron chi connectivity index (χ3n) is 13.2. The van der Waals surface area contributed by atoms with Gasteiger partial charge in [0.1, 0.15) is 28.7 Å². The Hall–Kier alpha value is -7.54. The van der Waals surface area contributed by atoms with E-state index in [0.29, 0.717) is 21.6 Å². The Labute approximate surface area is 407 Å². The number of nitrogens with zero attached hydrogens (tertiary/aromatic N) is 8. The summed E-state index contributed by atoms with van der Waals surface area (Å²) in [5.74, 6) is -9.23. The van der Waals surface area contributed by atoms with Gasteiger partial charge < -0.3 is 25.9 Å². The van der Waals surface area contributed by atoms with Crippen LogP contribution in [0.5, 0.6) is 0 Å². The Balaban J connectivity index is 1.28. The van der Waals surface area contributed by atoms with E-state index in [9.17, 15) is 58.2 Å².